The summed E-state index contributed by atoms with van der Waals surface area (Å²) in [6.07, 6.45) is 12.1. The number of unbranched alkanes of at least 4 members (excludes halogenated alkanes) is 7. The van der Waals surface area contributed by atoms with Gasteiger partial charge in [-0.2, -0.15) is 0 Å². The van der Waals surface area contributed by atoms with Crippen molar-refractivity contribution in [3.8, 4) is 0 Å². The van der Waals surface area contributed by atoms with Crippen LogP contribution in [0.25, 0.3) is 0 Å². The van der Waals surface area contributed by atoms with Crippen molar-refractivity contribution in [2.45, 2.75) is 58.8 Å². The van der Waals surface area contributed by atoms with Crippen LogP contribution in [-0.4, -0.2) is 0 Å². The summed E-state index contributed by atoms with van der Waals surface area (Å²) in [7, 11) is 0. The van der Waals surface area contributed by atoms with Gasteiger partial charge in [-0.25, -0.2) is 0 Å². The molecule has 0 fully saturated rings. The van der Waals surface area contributed by atoms with E-state index in [-0.39, 0.29) is 16.5 Å². The molecular formula is C10H21Ni. The summed E-state index contributed by atoms with van der Waals surface area (Å²) >= 11 is 0. The van der Waals surface area contributed by atoms with Gasteiger partial charge in [0, 0.05) is 16.5 Å². The molecule has 0 unspecified atom stereocenters. The van der Waals surface area contributed by atoms with Gasteiger partial charge in [-0.15, -0.1) is 0 Å². The van der Waals surface area contributed by atoms with Crippen LogP contribution in [0.2, 0.25) is 0 Å². The Hall–Kier alpha value is 0.494. The minimum Gasteiger partial charge on any atom is -0.0654 e. The van der Waals surface area contributed by atoms with Gasteiger partial charge in [0.1, 0.15) is 0 Å². The van der Waals surface area contributed by atoms with Crippen molar-refractivity contribution in [1.29, 1.82) is 0 Å². The maximum atomic E-state index is 2.26. The quantitative estimate of drug-likeness (QED) is 0.431. The van der Waals surface area contributed by atoms with Gasteiger partial charge in [0.2, 0.25) is 0 Å². The molecule has 0 heterocycles. The van der Waals surface area contributed by atoms with Crippen molar-refractivity contribution in [2.75, 3.05) is 0 Å². The predicted molar refractivity (Wildman–Crippen MR) is 48.0 cm³/mol. The third kappa shape index (κ3) is 13.5. The minimum absolute atomic E-state index is 0. The first-order chi connectivity index (χ1) is 4.91. The Labute approximate surface area is 82.1 Å². The molecule has 0 rings (SSSR count). The van der Waals surface area contributed by atoms with Crippen LogP contribution in [0.5, 0.6) is 0 Å². The van der Waals surface area contributed by atoms with Crippen molar-refractivity contribution in [3.63, 3.8) is 0 Å². The predicted octanol–water partition coefficient (Wildman–Crippen LogP) is 3.96. The van der Waals surface area contributed by atoms with Gasteiger partial charge < -0.3 is 0 Å². The van der Waals surface area contributed by atoms with E-state index in [4.69, 9.17) is 0 Å². The van der Waals surface area contributed by atoms with Crippen LogP contribution in [-0.2, 0) is 16.5 Å². The molecule has 0 amide bonds. The van der Waals surface area contributed by atoms with Crippen LogP contribution >= 0.6 is 0 Å². The summed E-state index contributed by atoms with van der Waals surface area (Å²) in [6, 6.07) is 0. The molecule has 0 N–H and O–H groups in total. The van der Waals surface area contributed by atoms with Gasteiger partial charge in [0.15, 0.2) is 0 Å². The molecule has 0 saturated carbocycles. The molecule has 0 aliphatic heterocycles. The van der Waals surface area contributed by atoms with Gasteiger partial charge in [0.25, 0.3) is 0 Å². The fourth-order valence-corrected chi connectivity index (χ4v) is 1.13. The molecule has 1 heteroatoms. The smallest absolute Gasteiger partial charge is 0 e. The zero-order valence-corrected chi connectivity index (χ0v) is 8.83. The second-order valence-electron chi connectivity index (χ2n) is 2.96. The Morgan fingerprint density at radius 2 is 1.45 bits per heavy atom. The van der Waals surface area contributed by atoms with Gasteiger partial charge in [-0.1, -0.05) is 58.8 Å². The Bertz CT molecular complexity index is 44.8. The molecule has 1 radical (unpaired) electrons. The van der Waals surface area contributed by atoms with Gasteiger partial charge in [-0.3, -0.25) is 0 Å². The Balaban J connectivity index is 0. The molecule has 0 aromatic heterocycles. The first kappa shape index (κ1) is 14.0. The van der Waals surface area contributed by atoms with Gasteiger partial charge in [0.05, 0.1) is 0 Å². The molecule has 0 spiro atoms. The fourth-order valence-electron chi connectivity index (χ4n) is 1.13. The summed E-state index contributed by atoms with van der Waals surface area (Å²) in [5, 5.41) is 0. The molecule has 0 aromatic carbocycles. The Morgan fingerprint density at radius 3 is 2.00 bits per heavy atom. The van der Waals surface area contributed by atoms with Crippen molar-refractivity contribution in [3.05, 3.63) is 6.42 Å². The first-order valence-electron chi connectivity index (χ1n) is 4.69. The summed E-state index contributed by atoms with van der Waals surface area (Å²) in [4.78, 5) is 0. The van der Waals surface area contributed by atoms with E-state index in [9.17, 15) is 0 Å². The summed E-state index contributed by atoms with van der Waals surface area (Å²) in [5.74, 6) is 0. The second kappa shape index (κ2) is 13.1. The normalized spacial score (nSPS) is 9.27. The van der Waals surface area contributed by atoms with E-state index in [1.807, 2.05) is 0 Å². The van der Waals surface area contributed by atoms with E-state index in [2.05, 4.69) is 20.3 Å². The van der Waals surface area contributed by atoms with Crippen LogP contribution in [0.15, 0.2) is 0 Å². The van der Waals surface area contributed by atoms with Crippen molar-refractivity contribution in [2.24, 2.45) is 0 Å². The van der Waals surface area contributed by atoms with Crippen LogP contribution in [0.3, 0.4) is 0 Å². The minimum atomic E-state index is 0. The van der Waals surface area contributed by atoms with Crippen LogP contribution in [0.4, 0.5) is 0 Å². The zero-order chi connectivity index (χ0) is 7.66. The molecule has 71 valence electrons. The van der Waals surface area contributed by atoms with E-state index >= 15 is 0 Å². The van der Waals surface area contributed by atoms with Crippen LogP contribution < -0.4 is 0 Å². The summed E-state index contributed by atoms with van der Waals surface area (Å²) in [6.45, 7) is 4.41. The molecule has 0 saturated heterocycles. The molecular weight excluding hydrogens is 179 g/mol. The average Bonchev–Trinajstić information content (AvgIpc) is 1.97. The molecule has 0 aliphatic carbocycles. The van der Waals surface area contributed by atoms with E-state index in [0.717, 1.165) is 0 Å². The van der Waals surface area contributed by atoms with Crippen molar-refractivity contribution >= 4 is 0 Å². The molecule has 0 atom stereocenters. The standard InChI is InChI=1S/C10H21.Ni/c1-3-5-7-9-10-8-6-4-2;/h3H,4-10H2,1-2H3;. The maximum Gasteiger partial charge on any atom is 0 e. The summed E-state index contributed by atoms with van der Waals surface area (Å²) in [5.41, 5.74) is 0. The van der Waals surface area contributed by atoms with Crippen LogP contribution in [0, 0.1) is 6.42 Å². The Kier molecular flexibility index (Phi) is 16.7. The third-order valence-corrected chi connectivity index (χ3v) is 1.85. The molecule has 11 heavy (non-hydrogen) atoms. The molecule has 0 aliphatic rings. The molecule has 0 nitrogen and oxygen atoms in total. The van der Waals surface area contributed by atoms with E-state index in [0.29, 0.717) is 0 Å². The van der Waals surface area contributed by atoms with Crippen LogP contribution in [0.1, 0.15) is 58.8 Å². The first-order valence-corrected chi connectivity index (χ1v) is 4.69. The topological polar surface area (TPSA) is 0 Å². The largest absolute Gasteiger partial charge is 0.0654 e. The van der Waals surface area contributed by atoms with E-state index < -0.39 is 0 Å². The number of hydrogen-bond donors (Lipinski definition) is 0. The zero-order valence-electron chi connectivity index (χ0n) is 7.84. The van der Waals surface area contributed by atoms with Gasteiger partial charge >= 0.3 is 0 Å². The number of rotatable bonds is 7. The fraction of sp³-hybridized carbons (Fsp3) is 0.900. The van der Waals surface area contributed by atoms with Crippen molar-refractivity contribution < 1.29 is 16.5 Å². The van der Waals surface area contributed by atoms with Gasteiger partial charge in [-0.05, 0) is 6.42 Å². The SMILES string of the molecule is C[CH]CCCCCCCC.[Ni]. The van der Waals surface area contributed by atoms with E-state index in [1.165, 1.54) is 44.9 Å². The molecule has 0 aromatic rings. The Morgan fingerprint density at radius 1 is 0.909 bits per heavy atom. The van der Waals surface area contributed by atoms with E-state index in [1.54, 1.807) is 0 Å². The average molecular weight is 200 g/mol. The molecule has 0 bridgehead atoms. The van der Waals surface area contributed by atoms with Crippen molar-refractivity contribution in [1.82, 2.24) is 0 Å². The second-order valence-corrected chi connectivity index (χ2v) is 2.96. The third-order valence-electron chi connectivity index (χ3n) is 1.85. The maximum absolute atomic E-state index is 2.26. The summed E-state index contributed by atoms with van der Waals surface area (Å²) < 4.78 is 0. The number of hydrogen-bond acceptors (Lipinski definition) is 0. The monoisotopic (exact) mass is 199 g/mol.